The van der Waals surface area contributed by atoms with Gasteiger partial charge in [0.25, 0.3) is 0 Å². The van der Waals surface area contributed by atoms with E-state index in [1.165, 1.54) is 12.1 Å². The average Bonchev–Trinajstić information content (AvgIpc) is 2.84. The minimum Gasteiger partial charge on any atom is -0.493 e. The molecule has 0 aliphatic carbocycles. The van der Waals surface area contributed by atoms with E-state index in [4.69, 9.17) is 4.74 Å². The number of rotatable bonds is 8. The summed E-state index contributed by atoms with van der Waals surface area (Å²) >= 11 is 0. The smallest absolute Gasteiger partial charge is 0.129 e. The van der Waals surface area contributed by atoms with Crippen molar-refractivity contribution >= 4 is 11.6 Å². The molecule has 0 saturated carbocycles. The van der Waals surface area contributed by atoms with Gasteiger partial charge in [-0.25, -0.2) is 19.3 Å². The molecular weight excluding hydrogens is 419 g/mol. The summed E-state index contributed by atoms with van der Waals surface area (Å²) in [6.07, 6.45) is 3.43. The highest BCUT2D eigenvalue weighted by molar-refractivity contribution is 5.62. The van der Waals surface area contributed by atoms with Crippen LogP contribution >= 0.6 is 0 Å². The summed E-state index contributed by atoms with van der Waals surface area (Å²) in [5, 5.41) is 3.37. The van der Waals surface area contributed by atoms with Crippen molar-refractivity contribution in [2.24, 2.45) is 0 Å². The van der Waals surface area contributed by atoms with Gasteiger partial charge in [-0.2, -0.15) is 0 Å². The second kappa shape index (κ2) is 10.6. The lowest BCUT2D eigenvalue weighted by Gasteiger charge is -2.33. The Morgan fingerprint density at radius 1 is 1.06 bits per heavy atom. The Morgan fingerprint density at radius 2 is 1.88 bits per heavy atom. The molecule has 1 N–H and O–H groups in total. The predicted octanol–water partition coefficient (Wildman–Crippen LogP) is 4.04. The number of hydrogen-bond donors (Lipinski definition) is 1. The molecule has 7 nitrogen and oxygen atoms in total. The van der Waals surface area contributed by atoms with E-state index in [1.54, 1.807) is 12.4 Å². The second-order valence-corrected chi connectivity index (χ2v) is 8.38. The van der Waals surface area contributed by atoms with Crippen molar-refractivity contribution in [2.75, 3.05) is 56.6 Å². The third-order valence-electron chi connectivity index (χ3n) is 5.93. The zero-order chi connectivity index (χ0) is 23.2. The highest BCUT2D eigenvalue weighted by Crippen LogP contribution is 2.28. The molecule has 3 aromatic rings. The first-order valence-corrected chi connectivity index (χ1v) is 11.4. The predicted molar refractivity (Wildman–Crippen MR) is 129 cm³/mol. The van der Waals surface area contributed by atoms with Crippen LogP contribution in [0, 0.1) is 5.82 Å². The Bertz CT molecular complexity index is 1050. The molecular formula is C25H31FN6O. The fraction of sp³-hybridized carbons (Fsp3) is 0.400. The minimum atomic E-state index is -0.296. The van der Waals surface area contributed by atoms with Crippen molar-refractivity contribution in [3.63, 3.8) is 0 Å². The molecule has 0 amide bonds. The van der Waals surface area contributed by atoms with Crippen LogP contribution in [-0.4, -0.2) is 66.2 Å². The van der Waals surface area contributed by atoms with Crippen molar-refractivity contribution < 1.29 is 9.13 Å². The first-order valence-electron chi connectivity index (χ1n) is 11.4. The summed E-state index contributed by atoms with van der Waals surface area (Å²) < 4.78 is 19.2. The summed E-state index contributed by atoms with van der Waals surface area (Å²) in [6.45, 7) is 9.16. The third-order valence-corrected chi connectivity index (χ3v) is 5.93. The molecule has 8 heteroatoms. The van der Waals surface area contributed by atoms with Gasteiger partial charge in [-0.05, 0) is 37.7 Å². The molecule has 1 aromatic carbocycles. The average molecular weight is 451 g/mol. The summed E-state index contributed by atoms with van der Waals surface area (Å²) in [5.41, 5.74) is 2.72. The maximum absolute atomic E-state index is 13.6. The molecule has 1 saturated heterocycles. The van der Waals surface area contributed by atoms with Gasteiger partial charge in [0.2, 0.25) is 0 Å². The molecule has 174 valence electrons. The highest BCUT2D eigenvalue weighted by atomic mass is 19.1. The van der Waals surface area contributed by atoms with E-state index < -0.39 is 0 Å². The Balaban J connectivity index is 1.41. The quantitative estimate of drug-likeness (QED) is 0.555. The molecule has 33 heavy (non-hydrogen) atoms. The van der Waals surface area contributed by atoms with Crippen LogP contribution in [0.1, 0.15) is 25.3 Å². The molecule has 0 spiro atoms. The lowest BCUT2D eigenvalue weighted by molar-refractivity contribution is 0.312. The summed E-state index contributed by atoms with van der Waals surface area (Å²) in [6, 6.07) is 10.7. The van der Waals surface area contributed by atoms with E-state index >= 15 is 0 Å². The molecule has 0 bridgehead atoms. The van der Waals surface area contributed by atoms with E-state index in [9.17, 15) is 4.39 Å². The van der Waals surface area contributed by atoms with Crippen LogP contribution in [0.15, 0.2) is 48.9 Å². The number of likely N-dealkylation sites (N-methyl/N-ethyl adjacent to an activating group) is 1. The third kappa shape index (κ3) is 5.76. The topological polar surface area (TPSA) is 66.4 Å². The molecule has 1 atom stereocenters. The van der Waals surface area contributed by atoms with Crippen molar-refractivity contribution in [1.82, 2.24) is 19.9 Å². The highest BCUT2D eigenvalue weighted by Gasteiger charge is 2.16. The number of halogens is 1. The van der Waals surface area contributed by atoms with Crippen molar-refractivity contribution in [2.45, 2.75) is 19.8 Å². The number of pyridine rings is 1. The van der Waals surface area contributed by atoms with Gasteiger partial charge in [-0.15, -0.1) is 0 Å². The Kier molecular flexibility index (Phi) is 7.34. The molecule has 1 aliphatic heterocycles. The molecule has 1 aliphatic rings. The van der Waals surface area contributed by atoms with E-state index in [0.29, 0.717) is 18.9 Å². The fourth-order valence-electron chi connectivity index (χ4n) is 3.94. The van der Waals surface area contributed by atoms with Gasteiger partial charge < -0.3 is 19.9 Å². The molecule has 2 aromatic heterocycles. The van der Waals surface area contributed by atoms with Crippen molar-refractivity contribution in [3.05, 3.63) is 60.3 Å². The lowest BCUT2D eigenvalue weighted by atomic mass is 10.00. The first-order chi connectivity index (χ1) is 16.0. The number of aromatic nitrogens is 3. The summed E-state index contributed by atoms with van der Waals surface area (Å²) in [5.74, 6) is 2.12. The molecule has 4 rings (SSSR count). The number of nitrogens with one attached hydrogen (secondary N) is 1. The monoisotopic (exact) mass is 450 g/mol. The second-order valence-electron chi connectivity index (χ2n) is 8.38. The maximum Gasteiger partial charge on any atom is 0.129 e. The largest absolute Gasteiger partial charge is 0.493 e. The molecule has 3 heterocycles. The van der Waals surface area contributed by atoms with Gasteiger partial charge in [-0.3, -0.25) is 0 Å². The Hall–Kier alpha value is -3.26. The number of piperazine rings is 1. The van der Waals surface area contributed by atoms with Crippen LogP contribution in [0.25, 0.3) is 11.3 Å². The van der Waals surface area contributed by atoms with Crippen LogP contribution < -0.4 is 15.0 Å². The standard InChI is InChI=1S/C25H31FN6O/c1-4-33-23-13-20(26)6-7-21(23)18(2)15-27-24-14-22(29-17-30-24)19-5-8-25(28-16-19)32-11-9-31(3)10-12-32/h5-8,13-14,16-18H,4,9-12,15H2,1-3H3,(H,27,29,30). The van der Waals surface area contributed by atoms with E-state index in [0.717, 1.165) is 54.6 Å². The zero-order valence-corrected chi connectivity index (χ0v) is 19.5. The number of nitrogens with zero attached hydrogens (tertiary/aromatic N) is 5. The van der Waals surface area contributed by atoms with E-state index in [2.05, 4.69) is 56.2 Å². The SMILES string of the molecule is CCOc1cc(F)ccc1C(C)CNc1cc(-c2ccc(N3CCN(C)CC3)nc2)ncn1. The summed E-state index contributed by atoms with van der Waals surface area (Å²) in [4.78, 5) is 18.1. The van der Waals surface area contributed by atoms with Gasteiger partial charge >= 0.3 is 0 Å². The molecule has 0 radical (unpaired) electrons. The van der Waals surface area contributed by atoms with E-state index in [-0.39, 0.29) is 11.7 Å². The van der Waals surface area contributed by atoms with Gasteiger partial charge in [0, 0.05) is 62.5 Å². The van der Waals surface area contributed by atoms with Gasteiger partial charge in [0.05, 0.1) is 12.3 Å². The number of anilines is 2. The normalized spacial score (nSPS) is 15.3. The van der Waals surface area contributed by atoms with E-state index in [1.807, 2.05) is 19.2 Å². The van der Waals surface area contributed by atoms with Crippen LogP contribution in [-0.2, 0) is 0 Å². The molecule has 1 fully saturated rings. The number of benzene rings is 1. The zero-order valence-electron chi connectivity index (χ0n) is 19.5. The Labute approximate surface area is 194 Å². The van der Waals surface area contributed by atoms with Crippen molar-refractivity contribution in [3.8, 4) is 17.0 Å². The number of hydrogen-bond acceptors (Lipinski definition) is 7. The van der Waals surface area contributed by atoms with Gasteiger partial charge in [0.1, 0.15) is 29.5 Å². The lowest BCUT2D eigenvalue weighted by Crippen LogP contribution is -2.44. The number of ether oxygens (including phenoxy) is 1. The fourth-order valence-corrected chi connectivity index (χ4v) is 3.94. The van der Waals surface area contributed by atoms with Crippen LogP contribution in [0.3, 0.4) is 0 Å². The maximum atomic E-state index is 13.6. The Morgan fingerprint density at radius 3 is 2.61 bits per heavy atom. The van der Waals surface area contributed by atoms with Gasteiger partial charge in [0.15, 0.2) is 0 Å². The van der Waals surface area contributed by atoms with Crippen LogP contribution in [0.2, 0.25) is 0 Å². The first kappa shape index (κ1) is 22.9. The summed E-state index contributed by atoms with van der Waals surface area (Å²) in [7, 11) is 2.15. The van der Waals surface area contributed by atoms with Crippen LogP contribution in [0.5, 0.6) is 5.75 Å². The van der Waals surface area contributed by atoms with Crippen molar-refractivity contribution in [1.29, 1.82) is 0 Å². The minimum absolute atomic E-state index is 0.107. The molecule has 1 unspecified atom stereocenters. The van der Waals surface area contributed by atoms with Gasteiger partial charge in [-0.1, -0.05) is 13.0 Å². The van der Waals surface area contributed by atoms with Crippen LogP contribution in [0.4, 0.5) is 16.0 Å².